The van der Waals surface area contributed by atoms with Crippen LogP contribution in [0.3, 0.4) is 0 Å². The number of amides is 1. The summed E-state index contributed by atoms with van der Waals surface area (Å²) in [5.41, 5.74) is -0.495. The topological polar surface area (TPSA) is 29.5 Å². The van der Waals surface area contributed by atoms with Crippen LogP contribution in [-0.4, -0.2) is 41.9 Å². The predicted molar refractivity (Wildman–Crippen MR) is 65.8 cm³/mol. The van der Waals surface area contributed by atoms with Crippen molar-refractivity contribution in [3.05, 3.63) is 35.4 Å². The summed E-state index contributed by atoms with van der Waals surface area (Å²) in [6, 6.07) is 3.20. The van der Waals surface area contributed by atoms with Gasteiger partial charge in [-0.2, -0.15) is 0 Å². The zero-order valence-electron chi connectivity index (χ0n) is 9.54. The Kier molecular flexibility index (Phi) is 4.29. The Morgan fingerprint density at radius 1 is 1.44 bits per heavy atom. The SMILES string of the molecule is O=C(c1c(F)cccc1F)N1CCOCC1CBr. The maximum Gasteiger partial charge on any atom is 0.260 e. The van der Waals surface area contributed by atoms with E-state index in [1.807, 2.05) is 0 Å². The van der Waals surface area contributed by atoms with Crippen LogP contribution in [0, 0.1) is 11.6 Å². The Labute approximate surface area is 112 Å². The minimum Gasteiger partial charge on any atom is -0.377 e. The van der Waals surface area contributed by atoms with Crippen LogP contribution in [0.4, 0.5) is 8.78 Å². The van der Waals surface area contributed by atoms with E-state index >= 15 is 0 Å². The quantitative estimate of drug-likeness (QED) is 0.782. The molecule has 1 fully saturated rings. The summed E-state index contributed by atoms with van der Waals surface area (Å²) in [6.45, 7) is 1.08. The first-order chi connectivity index (χ1) is 8.65. The predicted octanol–water partition coefficient (Wildman–Crippen LogP) is 2.20. The molecule has 0 N–H and O–H groups in total. The number of morpholine rings is 1. The Balaban J connectivity index is 2.30. The number of carbonyl (C=O) groups excluding carboxylic acids is 1. The van der Waals surface area contributed by atoms with Crippen LogP contribution >= 0.6 is 15.9 Å². The van der Waals surface area contributed by atoms with Crippen LogP contribution in [0.5, 0.6) is 0 Å². The number of alkyl halides is 1. The lowest BCUT2D eigenvalue weighted by Gasteiger charge is -2.34. The lowest BCUT2D eigenvalue weighted by Crippen LogP contribution is -2.50. The molecular weight excluding hydrogens is 308 g/mol. The van der Waals surface area contributed by atoms with E-state index in [2.05, 4.69) is 15.9 Å². The molecule has 6 heteroatoms. The van der Waals surface area contributed by atoms with Gasteiger partial charge in [-0.3, -0.25) is 4.79 Å². The van der Waals surface area contributed by atoms with Gasteiger partial charge in [-0.25, -0.2) is 8.78 Å². The van der Waals surface area contributed by atoms with Crippen molar-refractivity contribution < 1.29 is 18.3 Å². The zero-order chi connectivity index (χ0) is 13.1. The number of hydrogen-bond donors (Lipinski definition) is 0. The lowest BCUT2D eigenvalue weighted by molar-refractivity contribution is 0.00473. The van der Waals surface area contributed by atoms with E-state index in [1.54, 1.807) is 0 Å². The summed E-state index contributed by atoms with van der Waals surface area (Å²) in [6.07, 6.45) is 0. The number of benzene rings is 1. The molecule has 1 amide bonds. The van der Waals surface area contributed by atoms with Crippen molar-refractivity contribution in [2.24, 2.45) is 0 Å². The fraction of sp³-hybridized carbons (Fsp3) is 0.417. The van der Waals surface area contributed by atoms with E-state index < -0.39 is 23.1 Å². The van der Waals surface area contributed by atoms with Crippen LogP contribution in [-0.2, 0) is 4.74 Å². The summed E-state index contributed by atoms with van der Waals surface area (Å²) in [5.74, 6) is -2.29. The number of nitrogens with zero attached hydrogens (tertiary/aromatic N) is 1. The standard InChI is InChI=1S/C12H12BrF2NO2/c13-6-8-7-18-5-4-16(8)12(17)11-9(14)2-1-3-10(11)15/h1-3,8H,4-7H2. The van der Waals surface area contributed by atoms with E-state index in [-0.39, 0.29) is 6.04 Å². The van der Waals surface area contributed by atoms with Crippen molar-refractivity contribution >= 4 is 21.8 Å². The largest absolute Gasteiger partial charge is 0.377 e. The summed E-state index contributed by atoms with van der Waals surface area (Å²) >= 11 is 3.27. The number of rotatable bonds is 2. The summed E-state index contributed by atoms with van der Waals surface area (Å²) < 4.78 is 32.4. The van der Waals surface area contributed by atoms with Gasteiger partial charge >= 0.3 is 0 Å². The highest BCUT2D eigenvalue weighted by atomic mass is 79.9. The zero-order valence-corrected chi connectivity index (χ0v) is 11.1. The average Bonchev–Trinajstić information content (AvgIpc) is 2.38. The first-order valence-corrected chi connectivity index (χ1v) is 6.66. The first kappa shape index (κ1) is 13.4. The summed E-state index contributed by atoms with van der Waals surface area (Å²) in [5, 5.41) is 0.509. The van der Waals surface area contributed by atoms with Crippen LogP contribution in [0.2, 0.25) is 0 Å². The highest BCUT2D eigenvalue weighted by Crippen LogP contribution is 2.18. The van der Waals surface area contributed by atoms with Crippen molar-refractivity contribution in [2.45, 2.75) is 6.04 Å². The molecule has 1 saturated heterocycles. The molecule has 1 aliphatic heterocycles. The molecule has 0 spiro atoms. The molecule has 98 valence electrons. The van der Waals surface area contributed by atoms with Crippen molar-refractivity contribution in [1.29, 1.82) is 0 Å². The molecule has 2 rings (SSSR count). The van der Waals surface area contributed by atoms with Crippen LogP contribution < -0.4 is 0 Å². The summed E-state index contributed by atoms with van der Waals surface area (Å²) in [7, 11) is 0. The Morgan fingerprint density at radius 3 is 2.72 bits per heavy atom. The minimum atomic E-state index is -0.834. The van der Waals surface area contributed by atoms with E-state index in [9.17, 15) is 13.6 Å². The Bertz CT molecular complexity index is 435. The highest BCUT2D eigenvalue weighted by Gasteiger charge is 2.30. The molecule has 0 bridgehead atoms. The molecular formula is C12H12BrF2NO2. The van der Waals surface area contributed by atoms with Crippen molar-refractivity contribution in [3.63, 3.8) is 0 Å². The smallest absolute Gasteiger partial charge is 0.260 e. The van der Waals surface area contributed by atoms with Crippen molar-refractivity contribution in [3.8, 4) is 0 Å². The molecule has 1 aromatic carbocycles. The third-order valence-corrected chi connectivity index (χ3v) is 3.59. The minimum absolute atomic E-state index is 0.203. The highest BCUT2D eigenvalue weighted by molar-refractivity contribution is 9.09. The third-order valence-electron chi connectivity index (χ3n) is 2.84. The molecule has 3 nitrogen and oxygen atoms in total. The monoisotopic (exact) mass is 319 g/mol. The Hall–Kier alpha value is -1.01. The maximum absolute atomic E-state index is 13.6. The van der Waals surface area contributed by atoms with E-state index in [0.29, 0.717) is 25.1 Å². The van der Waals surface area contributed by atoms with Gasteiger partial charge in [-0.1, -0.05) is 22.0 Å². The van der Waals surface area contributed by atoms with E-state index in [4.69, 9.17) is 4.74 Å². The molecule has 0 radical (unpaired) electrons. The van der Waals surface area contributed by atoms with Gasteiger partial charge in [0.25, 0.3) is 5.91 Å². The van der Waals surface area contributed by atoms with E-state index in [0.717, 1.165) is 12.1 Å². The van der Waals surface area contributed by atoms with Gasteiger partial charge in [-0.05, 0) is 12.1 Å². The fourth-order valence-corrected chi connectivity index (χ4v) is 2.43. The lowest BCUT2D eigenvalue weighted by atomic mass is 10.1. The average molecular weight is 320 g/mol. The number of hydrogen-bond acceptors (Lipinski definition) is 2. The van der Waals surface area contributed by atoms with Gasteiger partial charge in [0.05, 0.1) is 19.3 Å². The molecule has 0 aromatic heterocycles. The number of carbonyl (C=O) groups is 1. The second-order valence-corrected chi connectivity index (χ2v) is 4.63. The van der Waals surface area contributed by atoms with Crippen molar-refractivity contribution in [2.75, 3.05) is 25.1 Å². The van der Waals surface area contributed by atoms with Crippen LogP contribution in [0.1, 0.15) is 10.4 Å². The fourth-order valence-electron chi connectivity index (χ4n) is 1.90. The third kappa shape index (κ3) is 2.54. The van der Waals surface area contributed by atoms with Gasteiger partial charge in [0.2, 0.25) is 0 Å². The number of halogens is 3. The van der Waals surface area contributed by atoms with Gasteiger partial charge in [0, 0.05) is 11.9 Å². The molecule has 0 aliphatic carbocycles. The van der Waals surface area contributed by atoms with Gasteiger partial charge in [0.15, 0.2) is 0 Å². The molecule has 1 atom stereocenters. The second-order valence-electron chi connectivity index (χ2n) is 3.98. The van der Waals surface area contributed by atoms with Gasteiger partial charge in [0.1, 0.15) is 17.2 Å². The molecule has 1 aliphatic rings. The second kappa shape index (κ2) is 5.75. The molecule has 1 aromatic rings. The van der Waals surface area contributed by atoms with Gasteiger partial charge in [-0.15, -0.1) is 0 Å². The summed E-state index contributed by atoms with van der Waals surface area (Å²) in [4.78, 5) is 13.6. The Morgan fingerprint density at radius 2 is 2.11 bits per heavy atom. The molecule has 1 unspecified atom stereocenters. The van der Waals surface area contributed by atoms with Crippen LogP contribution in [0.25, 0.3) is 0 Å². The maximum atomic E-state index is 13.6. The number of ether oxygens (including phenoxy) is 1. The first-order valence-electron chi connectivity index (χ1n) is 5.54. The normalized spacial score (nSPS) is 19.9. The molecule has 1 heterocycles. The van der Waals surface area contributed by atoms with Crippen molar-refractivity contribution in [1.82, 2.24) is 4.90 Å². The molecule has 18 heavy (non-hydrogen) atoms. The van der Waals surface area contributed by atoms with Crippen LogP contribution in [0.15, 0.2) is 18.2 Å². The van der Waals surface area contributed by atoms with E-state index in [1.165, 1.54) is 11.0 Å². The molecule has 0 saturated carbocycles. The van der Waals surface area contributed by atoms with Gasteiger partial charge < -0.3 is 9.64 Å².